The van der Waals surface area contributed by atoms with Gasteiger partial charge in [-0.3, -0.25) is 0 Å². The van der Waals surface area contributed by atoms with Gasteiger partial charge < -0.3 is 10.6 Å². The molecule has 0 aromatic carbocycles. The first-order valence-electron chi connectivity index (χ1n) is 5.58. The number of anilines is 1. The minimum Gasteiger partial charge on any atom is -0.370 e. The van der Waals surface area contributed by atoms with Crippen LogP contribution in [0.5, 0.6) is 0 Å². The van der Waals surface area contributed by atoms with Crippen LogP contribution in [0.3, 0.4) is 0 Å². The minimum atomic E-state index is 0.834. The van der Waals surface area contributed by atoms with Gasteiger partial charge in [-0.1, -0.05) is 0 Å². The van der Waals surface area contributed by atoms with Crippen molar-refractivity contribution >= 4 is 5.82 Å². The number of hydrogen-bond acceptors (Lipinski definition) is 4. The number of nitrogens with zero attached hydrogens (tertiary/aromatic N) is 2. The summed E-state index contributed by atoms with van der Waals surface area (Å²) in [6.07, 6.45) is 4.13. The zero-order chi connectivity index (χ0) is 10.5. The SMILES string of the molecule is Cc1cc(NCCC2CCNC2)ncn1. The van der Waals surface area contributed by atoms with E-state index in [1.807, 2.05) is 13.0 Å². The molecule has 2 rings (SSSR count). The normalized spacial score (nSPS) is 20.5. The maximum atomic E-state index is 4.17. The molecular formula is C11H18N4. The molecule has 2 N–H and O–H groups in total. The quantitative estimate of drug-likeness (QED) is 0.777. The number of rotatable bonds is 4. The zero-order valence-corrected chi connectivity index (χ0v) is 9.16. The van der Waals surface area contributed by atoms with Crippen molar-refractivity contribution in [2.75, 3.05) is 25.0 Å². The number of nitrogens with one attached hydrogen (secondary N) is 2. The highest BCUT2D eigenvalue weighted by atomic mass is 15.0. The molecule has 0 saturated carbocycles. The second-order valence-corrected chi connectivity index (χ2v) is 4.12. The predicted molar refractivity (Wildman–Crippen MR) is 60.9 cm³/mol. The summed E-state index contributed by atoms with van der Waals surface area (Å²) in [5, 5.41) is 6.71. The molecule has 4 heteroatoms. The van der Waals surface area contributed by atoms with Crippen LogP contribution >= 0.6 is 0 Å². The highest BCUT2D eigenvalue weighted by Gasteiger charge is 2.13. The zero-order valence-electron chi connectivity index (χ0n) is 9.16. The van der Waals surface area contributed by atoms with Crippen LogP contribution in [0.4, 0.5) is 5.82 Å². The Hall–Kier alpha value is -1.16. The first kappa shape index (κ1) is 10.4. The van der Waals surface area contributed by atoms with Gasteiger partial charge in [0.05, 0.1) is 0 Å². The van der Waals surface area contributed by atoms with Crippen LogP contribution in [0.2, 0.25) is 0 Å². The van der Waals surface area contributed by atoms with Crippen LogP contribution in [0.25, 0.3) is 0 Å². The smallest absolute Gasteiger partial charge is 0.129 e. The molecule has 1 unspecified atom stereocenters. The second kappa shape index (κ2) is 5.07. The average molecular weight is 206 g/mol. The van der Waals surface area contributed by atoms with E-state index in [2.05, 4.69) is 20.6 Å². The summed E-state index contributed by atoms with van der Waals surface area (Å²) in [7, 11) is 0. The van der Waals surface area contributed by atoms with Crippen molar-refractivity contribution in [2.45, 2.75) is 19.8 Å². The summed E-state index contributed by atoms with van der Waals surface area (Å²) in [6, 6.07) is 1.98. The fourth-order valence-corrected chi connectivity index (χ4v) is 1.92. The molecule has 0 amide bonds. The van der Waals surface area contributed by atoms with Crippen LogP contribution < -0.4 is 10.6 Å². The molecule has 0 spiro atoms. The summed E-state index contributed by atoms with van der Waals surface area (Å²) in [6.45, 7) is 5.33. The van der Waals surface area contributed by atoms with E-state index in [4.69, 9.17) is 0 Å². The van der Waals surface area contributed by atoms with E-state index in [-0.39, 0.29) is 0 Å². The summed E-state index contributed by atoms with van der Waals surface area (Å²) in [5.41, 5.74) is 1.01. The van der Waals surface area contributed by atoms with Gasteiger partial charge in [0.1, 0.15) is 12.1 Å². The highest BCUT2D eigenvalue weighted by molar-refractivity contribution is 5.34. The van der Waals surface area contributed by atoms with Crippen LogP contribution in [-0.2, 0) is 0 Å². The second-order valence-electron chi connectivity index (χ2n) is 4.12. The molecule has 15 heavy (non-hydrogen) atoms. The Kier molecular flexibility index (Phi) is 3.50. The van der Waals surface area contributed by atoms with Crippen molar-refractivity contribution < 1.29 is 0 Å². The van der Waals surface area contributed by atoms with Gasteiger partial charge in [0.25, 0.3) is 0 Å². The third kappa shape index (κ3) is 3.16. The van der Waals surface area contributed by atoms with E-state index >= 15 is 0 Å². The van der Waals surface area contributed by atoms with Crippen LogP contribution in [0.15, 0.2) is 12.4 Å². The van der Waals surface area contributed by atoms with Crippen LogP contribution in [-0.4, -0.2) is 29.6 Å². The third-order valence-corrected chi connectivity index (χ3v) is 2.82. The molecule has 0 bridgehead atoms. The molecule has 1 aliphatic heterocycles. The summed E-state index contributed by atoms with van der Waals surface area (Å²) >= 11 is 0. The molecule has 1 aromatic heterocycles. The molecule has 1 aromatic rings. The lowest BCUT2D eigenvalue weighted by Crippen LogP contribution is -2.13. The van der Waals surface area contributed by atoms with Crippen molar-refractivity contribution in [2.24, 2.45) is 5.92 Å². The fraction of sp³-hybridized carbons (Fsp3) is 0.636. The van der Waals surface area contributed by atoms with E-state index in [9.17, 15) is 0 Å². The van der Waals surface area contributed by atoms with Crippen LogP contribution in [0, 0.1) is 12.8 Å². The Balaban J connectivity index is 1.73. The van der Waals surface area contributed by atoms with Gasteiger partial charge in [0, 0.05) is 18.3 Å². The molecule has 4 nitrogen and oxygen atoms in total. The number of aromatic nitrogens is 2. The molecule has 1 fully saturated rings. The molecule has 1 atom stereocenters. The Labute approximate surface area is 90.5 Å². The Morgan fingerprint density at radius 2 is 2.47 bits per heavy atom. The van der Waals surface area contributed by atoms with Crippen molar-refractivity contribution in [1.82, 2.24) is 15.3 Å². The maximum absolute atomic E-state index is 4.17. The van der Waals surface area contributed by atoms with Crippen molar-refractivity contribution in [3.8, 4) is 0 Å². The summed E-state index contributed by atoms with van der Waals surface area (Å²) < 4.78 is 0. The lowest BCUT2D eigenvalue weighted by molar-refractivity contribution is 0.549. The first-order valence-corrected chi connectivity index (χ1v) is 5.58. The molecule has 0 aliphatic carbocycles. The Bertz CT molecular complexity index is 307. The molecule has 1 saturated heterocycles. The number of aryl methyl sites for hydroxylation is 1. The molecule has 1 aliphatic rings. The van der Waals surface area contributed by atoms with Gasteiger partial charge in [0.15, 0.2) is 0 Å². The minimum absolute atomic E-state index is 0.834. The van der Waals surface area contributed by atoms with E-state index in [1.54, 1.807) is 6.33 Å². The standard InChI is InChI=1S/C11H18N4/c1-9-6-11(15-8-14-9)13-5-3-10-2-4-12-7-10/h6,8,10,12H,2-5,7H2,1H3,(H,13,14,15). The summed E-state index contributed by atoms with van der Waals surface area (Å²) in [4.78, 5) is 8.23. The molecule has 0 radical (unpaired) electrons. The number of hydrogen-bond donors (Lipinski definition) is 2. The maximum Gasteiger partial charge on any atom is 0.129 e. The van der Waals surface area contributed by atoms with E-state index in [0.29, 0.717) is 0 Å². The molecule has 82 valence electrons. The average Bonchev–Trinajstić information content (AvgIpc) is 2.71. The van der Waals surface area contributed by atoms with Gasteiger partial charge in [-0.05, 0) is 38.8 Å². The molecule has 2 heterocycles. The van der Waals surface area contributed by atoms with Gasteiger partial charge in [-0.2, -0.15) is 0 Å². The van der Waals surface area contributed by atoms with Gasteiger partial charge in [-0.15, -0.1) is 0 Å². The Morgan fingerprint density at radius 1 is 1.53 bits per heavy atom. The monoisotopic (exact) mass is 206 g/mol. The van der Waals surface area contributed by atoms with E-state index < -0.39 is 0 Å². The van der Waals surface area contributed by atoms with Crippen molar-refractivity contribution in [3.05, 3.63) is 18.1 Å². The van der Waals surface area contributed by atoms with Gasteiger partial charge in [-0.25, -0.2) is 9.97 Å². The lowest BCUT2D eigenvalue weighted by Gasteiger charge is -2.09. The van der Waals surface area contributed by atoms with E-state index in [0.717, 1.165) is 24.0 Å². The van der Waals surface area contributed by atoms with Crippen molar-refractivity contribution in [3.63, 3.8) is 0 Å². The first-order chi connectivity index (χ1) is 7.34. The Morgan fingerprint density at radius 3 is 3.20 bits per heavy atom. The van der Waals surface area contributed by atoms with Gasteiger partial charge >= 0.3 is 0 Å². The highest BCUT2D eigenvalue weighted by Crippen LogP contribution is 2.12. The van der Waals surface area contributed by atoms with Gasteiger partial charge in [0.2, 0.25) is 0 Å². The largest absolute Gasteiger partial charge is 0.370 e. The third-order valence-electron chi connectivity index (χ3n) is 2.82. The lowest BCUT2D eigenvalue weighted by atomic mass is 10.1. The van der Waals surface area contributed by atoms with Crippen molar-refractivity contribution in [1.29, 1.82) is 0 Å². The topological polar surface area (TPSA) is 49.8 Å². The molecular weight excluding hydrogens is 188 g/mol. The van der Waals surface area contributed by atoms with E-state index in [1.165, 1.54) is 25.9 Å². The van der Waals surface area contributed by atoms with Crippen LogP contribution in [0.1, 0.15) is 18.5 Å². The summed E-state index contributed by atoms with van der Waals surface area (Å²) in [5.74, 6) is 1.77. The fourth-order valence-electron chi connectivity index (χ4n) is 1.92. The predicted octanol–water partition coefficient (Wildman–Crippen LogP) is 1.20.